The maximum Gasteiger partial charge on any atom is 0.0725 e. The Labute approximate surface area is 131 Å². The third kappa shape index (κ3) is 2.91. The Kier molecular flexibility index (Phi) is 3.91. The fourth-order valence-electron chi connectivity index (χ4n) is 2.76. The molecule has 0 fully saturated rings. The first kappa shape index (κ1) is 14.8. The Morgan fingerprint density at radius 2 is 1.86 bits per heavy atom. The van der Waals surface area contributed by atoms with E-state index in [1.165, 1.54) is 26.4 Å². The van der Waals surface area contributed by atoms with Crippen molar-refractivity contribution in [2.45, 2.75) is 45.4 Å². The summed E-state index contributed by atoms with van der Waals surface area (Å²) in [5.74, 6) is 0. The van der Waals surface area contributed by atoms with E-state index in [9.17, 15) is 0 Å². The Morgan fingerprint density at radius 1 is 1.10 bits per heavy atom. The van der Waals surface area contributed by atoms with Crippen molar-refractivity contribution in [1.29, 1.82) is 0 Å². The van der Waals surface area contributed by atoms with Gasteiger partial charge in [0.25, 0.3) is 0 Å². The lowest BCUT2D eigenvalue weighted by Gasteiger charge is -2.18. The van der Waals surface area contributed by atoms with Crippen LogP contribution in [-0.2, 0) is 23.4 Å². The number of fused-ring (bicyclic) bond motifs is 1. The summed E-state index contributed by atoms with van der Waals surface area (Å²) >= 11 is 1.91. The van der Waals surface area contributed by atoms with Crippen molar-refractivity contribution < 1.29 is 4.74 Å². The highest BCUT2D eigenvalue weighted by Gasteiger charge is 2.21. The molecular weight excluding hydrogens is 278 g/mol. The zero-order valence-corrected chi connectivity index (χ0v) is 14.0. The Hall–Kier alpha value is -1.16. The second kappa shape index (κ2) is 5.56. The summed E-state index contributed by atoms with van der Waals surface area (Å²) in [6, 6.07) is 11.5. The third-order valence-corrected chi connectivity index (χ3v) is 5.59. The van der Waals surface area contributed by atoms with E-state index in [1.54, 1.807) is 0 Å². The van der Waals surface area contributed by atoms with Gasteiger partial charge < -0.3 is 10.1 Å². The molecule has 0 saturated carbocycles. The molecule has 0 amide bonds. The quantitative estimate of drug-likeness (QED) is 0.908. The van der Waals surface area contributed by atoms with Crippen LogP contribution in [-0.4, -0.2) is 7.05 Å². The minimum Gasteiger partial charge on any atom is -0.372 e. The summed E-state index contributed by atoms with van der Waals surface area (Å²) in [4.78, 5) is 2.81. The van der Waals surface area contributed by atoms with Gasteiger partial charge in [0.15, 0.2) is 0 Å². The standard InChI is InChI=1S/C18H23NOS/c1-18(2,3)16-8-7-15(21-16)17(19-4)12-5-6-13-10-20-11-14(13)9-12/h5-9,17,19H,10-11H2,1-4H3. The van der Waals surface area contributed by atoms with Crippen molar-refractivity contribution in [3.05, 3.63) is 56.8 Å². The van der Waals surface area contributed by atoms with E-state index in [-0.39, 0.29) is 11.5 Å². The van der Waals surface area contributed by atoms with E-state index in [0.29, 0.717) is 0 Å². The average molecular weight is 301 g/mol. The molecule has 2 heterocycles. The number of hydrogen-bond donors (Lipinski definition) is 1. The smallest absolute Gasteiger partial charge is 0.0725 e. The highest BCUT2D eigenvalue weighted by Crippen LogP contribution is 2.35. The molecule has 1 N–H and O–H groups in total. The van der Waals surface area contributed by atoms with Crippen LogP contribution in [0.1, 0.15) is 53.3 Å². The zero-order chi connectivity index (χ0) is 15.0. The van der Waals surface area contributed by atoms with Crippen molar-refractivity contribution >= 4 is 11.3 Å². The maximum absolute atomic E-state index is 5.52. The van der Waals surface area contributed by atoms with Gasteiger partial charge in [0, 0.05) is 9.75 Å². The van der Waals surface area contributed by atoms with Crippen molar-refractivity contribution in [3.8, 4) is 0 Å². The van der Waals surface area contributed by atoms with Gasteiger partial charge in [0.1, 0.15) is 0 Å². The van der Waals surface area contributed by atoms with Crippen LogP contribution < -0.4 is 5.32 Å². The summed E-state index contributed by atoms with van der Waals surface area (Å²) in [5.41, 5.74) is 4.20. The topological polar surface area (TPSA) is 21.3 Å². The Balaban J connectivity index is 1.93. The maximum atomic E-state index is 5.52. The molecule has 0 saturated heterocycles. The first-order chi connectivity index (χ1) is 9.99. The molecule has 1 aliphatic heterocycles. The molecule has 3 heteroatoms. The number of ether oxygens (including phenoxy) is 1. The molecular formula is C18H23NOS. The van der Waals surface area contributed by atoms with Crippen molar-refractivity contribution in [3.63, 3.8) is 0 Å². The predicted octanol–water partition coefficient (Wildman–Crippen LogP) is 4.38. The number of thiophene rings is 1. The van der Waals surface area contributed by atoms with Crippen LogP contribution in [0.5, 0.6) is 0 Å². The van der Waals surface area contributed by atoms with Crippen molar-refractivity contribution in [2.24, 2.45) is 0 Å². The number of rotatable bonds is 3. The van der Waals surface area contributed by atoms with Crippen LogP contribution >= 0.6 is 11.3 Å². The zero-order valence-electron chi connectivity index (χ0n) is 13.2. The van der Waals surface area contributed by atoms with Gasteiger partial charge in [0.05, 0.1) is 19.3 Å². The largest absolute Gasteiger partial charge is 0.372 e. The van der Waals surface area contributed by atoms with Gasteiger partial charge in [-0.2, -0.15) is 0 Å². The fraction of sp³-hybridized carbons (Fsp3) is 0.444. The Morgan fingerprint density at radius 3 is 2.52 bits per heavy atom. The van der Waals surface area contributed by atoms with Gasteiger partial charge >= 0.3 is 0 Å². The molecule has 1 unspecified atom stereocenters. The SMILES string of the molecule is CNC(c1ccc2c(c1)COC2)c1ccc(C(C)(C)C)s1. The summed E-state index contributed by atoms with van der Waals surface area (Å²) in [6.45, 7) is 8.31. The minimum atomic E-state index is 0.215. The number of benzene rings is 1. The Bertz CT molecular complexity index is 639. The van der Waals surface area contributed by atoms with Crippen LogP contribution in [0.15, 0.2) is 30.3 Å². The van der Waals surface area contributed by atoms with E-state index in [2.05, 4.69) is 56.4 Å². The van der Waals surface area contributed by atoms with E-state index in [4.69, 9.17) is 4.74 Å². The van der Waals surface area contributed by atoms with Crippen LogP contribution in [0.3, 0.4) is 0 Å². The second-order valence-corrected chi connectivity index (χ2v) is 7.81. The van der Waals surface area contributed by atoms with Crippen LogP contribution in [0.4, 0.5) is 0 Å². The normalized spacial score (nSPS) is 16.0. The van der Waals surface area contributed by atoms with E-state index in [1.807, 2.05) is 18.4 Å². The second-order valence-electron chi connectivity index (χ2n) is 6.69. The molecule has 1 aliphatic rings. The lowest BCUT2D eigenvalue weighted by molar-refractivity contribution is 0.134. The van der Waals surface area contributed by atoms with Crippen molar-refractivity contribution in [2.75, 3.05) is 7.05 Å². The van der Waals surface area contributed by atoms with E-state index < -0.39 is 0 Å². The van der Waals surface area contributed by atoms with Crippen LogP contribution in [0.2, 0.25) is 0 Å². The molecule has 1 aromatic carbocycles. The fourth-order valence-corrected chi connectivity index (χ4v) is 3.96. The van der Waals surface area contributed by atoms with Crippen LogP contribution in [0.25, 0.3) is 0 Å². The summed E-state index contributed by atoms with van der Waals surface area (Å²) in [7, 11) is 2.03. The lowest BCUT2D eigenvalue weighted by Crippen LogP contribution is -2.16. The molecule has 112 valence electrons. The van der Waals surface area contributed by atoms with Gasteiger partial charge in [-0.15, -0.1) is 11.3 Å². The molecule has 1 atom stereocenters. The van der Waals surface area contributed by atoms with Gasteiger partial charge in [-0.25, -0.2) is 0 Å². The van der Waals surface area contributed by atoms with Gasteiger partial charge in [0.2, 0.25) is 0 Å². The molecule has 3 rings (SSSR count). The molecule has 0 bridgehead atoms. The first-order valence-corrected chi connectivity index (χ1v) is 8.27. The summed E-state index contributed by atoms with van der Waals surface area (Å²) in [5, 5.41) is 3.46. The predicted molar refractivity (Wildman–Crippen MR) is 88.9 cm³/mol. The number of nitrogens with one attached hydrogen (secondary N) is 1. The summed E-state index contributed by atoms with van der Waals surface area (Å²) in [6.07, 6.45) is 0. The molecule has 2 nitrogen and oxygen atoms in total. The monoisotopic (exact) mass is 301 g/mol. The van der Waals surface area contributed by atoms with Gasteiger partial charge in [-0.05, 0) is 41.3 Å². The molecule has 0 aliphatic carbocycles. The molecule has 0 spiro atoms. The molecule has 2 aromatic rings. The van der Waals surface area contributed by atoms with E-state index >= 15 is 0 Å². The molecule has 21 heavy (non-hydrogen) atoms. The highest BCUT2D eigenvalue weighted by atomic mass is 32.1. The van der Waals surface area contributed by atoms with Gasteiger partial charge in [-0.1, -0.05) is 39.0 Å². The molecule has 1 aromatic heterocycles. The molecule has 0 radical (unpaired) electrons. The third-order valence-electron chi connectivity index (χ3n) is 4.02. The van der Waals surface area contributed by atoms with Gasteiger partial charge in [-0.3, -0.25) is 0 Å². The lowest BCUT2D eigenvalue weighted by atomic mass is 9.95. The van der Waals surface area contributed by atoms with E-state index in [0.717, 1.165) is 13.2 Å². The first-order valence-electron chi connectivity index (χ1n) is 7.46. The average Bonchev–Trinajstić information content (AvgIpc) is 3.06. The minimum absolute atomic E-state index is 0.215. The number of hydrogen-bond acceptors (Lipinski definition) is 3. The summed E-state index contributed by atoms with van der Waals surface area (Å²) < 4.78 is 5.52. The van der Waals surface area contributed by atoms with Crippen LogP contribution in [0, 0.1) is 0 Å². The highest BCUT2D eigenvalue weighted by molar-refractivity contribution is 7.12. The van der Waals surface area contributed by atoms with Crippen molar-refractivity contribution in [1.82, 2.24) is 5.32 Å².